The molecule has 0 spiro atoms. The third-order valence-corrected chi connectivity index (χ3v) is 6.47. The number of fused-ring (bicyclic) bond motifs is 2. The van der Waals surface area contributed by atoms with Crippen molar-refractivity contribution in [2.24, 2.45) is 0 Å². The highest BCUT2D eigenvalue weighted by molar-refractivity contribution is 5.99. The summed E-state index contributed by atoms with van der Waals surface area (Å²) in [4.78, 5) is 41.1. The van der Waals surface area contributed by atoms with Crippen LogP contribution in [0.25, 0.3) is 0 Å². The Labute approximate surface area is 205 Å². The topological polar surface area (TPSA) is 100 Å². The molecule has 0 aliphatic carbocycles. The van der Waals surface area contributed by atoms with Gasteiger partial charge in [0.05, 0.1) is 24.1 Å². The number of nitrogens with one attached hydrogen (secondary N) is 2. The van der Waals surface area contributed by atoms with E-state index in [-0.39, 0.29) is 42.7 Å². The zero-order valence-corrected chi connectivity index (χ0v) is 20.3. The molecule has 2 aromatic rings. The first kappa shape index (κ1) is 24.5. The van der Waals surface area contributed by atoms with Crippen molar-refractivity contribution >= 4 is 23.5 Å². The number of carbonyl (C=O) groups excluding carboxylic acids is 3. The molecule has 4 amide bonds. The molecule has 0 radical (unpaired) electrons. The first-order valence-electron chi connectivity index (χ1n) is 11.8. The number of anilines is 1. The van der Waals surface area contributed by atoms with E-state index in [4.69, 9.17) is 9.47 Å². The molecule has 9 heteroatoms. The maximum atomic E-state index is 13.3. The highest BCUT2D eigenvalue weighted by Crippen LogP contribution is 2.32. The molecule has 0 saturated carbocycles. The number of hydrogen-bond acceptors (Lipinski definition) is 5. The van der Waals surface area contributed by atoms with Crippen molar-refractivity contribution in [3.8, 4) is 5.75 Å². The molecule has 9 nitrogen and oxygen atoms in total. The normalized spacial score (nSPS) is 21.5. The van der Waals surface area contributed by atoms with Gasteiger partial charge < -0.3 is 29.9 Å². The number of urea groups is 1. The van der Waals surface area contributed by atoms with Gasteiger partial charge in [0.25, 0.3) is 5.91 Å². The fourth-order valence-electron chi connectivity index (χ4n) is 4.44. The van der Waals surface area contributed by atoms with Crippen molar-refractivity contribution < 1.29 is 23.9 Å². The SMILES string of the molecule is CN(C)C(=O)C[C@H]1CC[C@H]2[C@@H](COc3ccc(NC(=O)NCc4ccccc4)cc3C(=O)N2C)O1. The van der Waals surface area contributed by atoms with Crippen LogP contribution < -0.4 is 15.4 Å². The van der Waals surface area contributed by atoms with E-state index in [1.165, 1.54) is 0 Å². The summed E-state index contributed by atoms with van der Waals surface area (Å²) < 4.78 is 12.2. The summed E-state index contributed by atoms with van der Waals surface area (Å²) in [5.41, 5.74) is 1.87. The third-order valence-electron chi connectivity index (χ3n) is 6.47. The van der Waals surface area contributed by atoms with Gasteiger partial charge in [-0.3, -0.25) is 9.59 Å². The predicted molar refractivity (Wildman–Crippen MR) is 131 cm³/mol. The summed E-state index contributed by atoms with van der Waals surface area (Å²) in [5.74, 6) is 0.253. The first-order chi connectivity index (χ1) is 16.8. The van der Waals surface area contributed by atoms with Crippen LogP contribution in [0.2, 0.25) is 0 Å². The van der Waals surface area contributed by atoms with Crippen LogP contribution >= 0.6 is 0 Å². The van der Waals surface area contributed by atoms with Crippen molar-refractivity contribution in [2.45, 2.75) is 44.1 Å². The van der Waals surface area contributed by atoms with E-state index in [1.54, 1.807) is 49.1 Å². The largest absolute Gasteiger partial charge is 0.490 e. The van der Waals surface area contributed by atoms with Gasteiger partial charge in [-0.1, -0.05) is 30.3 Å². The number of amides is 4. The summed E-state index contributed by atoms with van der Waals surface area (Å²) in [7, 11) is 5.22. The van der Waals surface area contributed by atoms with E-state index < -0.39 is 0 Å². The van der Waals surface area contributed by atoms with Crippen LogP contribution in [-0.2, 0) is 16.1 Å². The van der Waals surface area contributed by atoms with Crippen LogP contribution in [0.3, 0.4) is 0 Å². The lowest BCUT2D eigenvalue weighted by molar-refractivity contribution is -0.140. The number of hydrogen-bond donors (Lipinski definition) is 2. The summed E-state index contributed by atoms with van der Waals surface area (Å²) in [6, 6.07) is 14.1. The van der Waals surface area contributed by atoms with E-state index in [0.29, 0.717) is 36.4 Å². The zero-order valence-electron chi connectivity index (χ0n) is 20.3. The second-order valence-electron chi connectivity index (χ2n) is 9.16. The standard InChI is InChI=1S/C26H32N4O5/c1-29(2)24(31)14-19-10-11-21-23(35-19)16-34-22-12-9-18(13-20(22)25(32)30(21)3)28-26(33)27-15-17-7-5-4-6-8-17/h4-9,12-13,19,21,23H,10-11,14-16H2,1-3H3,(H2,27,28,33)/t19-,21+,23-/m1/s1. The Morgan fingerprint density at radius 1 is 1.11 bits per heavy atom. The predicted octanol–water partition coefficient (Wildman–Crippen LogP) is 2.87. The van der Waals surface area contributed by atoms with Crippen LogP contribution in [0.1, 0.15) is 35.2 Å². The van der Waals surface area contributed by atoms with Crippen LogP contribution in [0, 0.1) is 0 Å². The lowest BCUT2D eigenvalue weighted by Crippen LogP contribution is -2.53. The van der Waals surface area contributed by atoms with Gasteiger partial charge in [-0.15, -0.1) is 0 Å². The fraction of sp³-hybridized carbons (Fsp3) is 0.423. The van der Waals surface area contributed by atoms with Crippen LogP contribution in [-0.4, -0.2) is 73.6 Å². The maximum Gasteiger partial charge on any atom is 0.319 e. The van der Waals surface area contributed by atoms with Crippen LogP contribution in [0.5, 0.6) is 5.75 Å². The summed E-state index contributed by atoms with van der Waals surface area (Å²) in [6.45, 7) is 0.666. The smallest absolute Gasteiger partial charge is 0.319 e. The van der Waals surface area contributed by atoms with Crippen molar-refractivity contribution in [2.75, 3.05) is 33.1 Å². The number of likely N-dealkylation sites (N-methyl/N-ethyl adjacent to an activating group) is 1. The van der Waals surface area contributed by atoms with Crippen LogP contribution in [0.15, 0.2) is 48.5 Å². The molecule has 2 N–H and O–H groups in total. The molecule has 2 aliphatic heterocycles. The van der Waals surface area contributed by atoms with Crippen molar-refractivity contribution in [3.05, 3.63) is 59.7 Å². The summed E-state index contributed by atoms with van der Waals surface area (Å²) >= 11 is 0. The minimum atomic E-state index is -0.361. The Bertz CT molecular complexity index is 1070. The minimum absolute atomic E-state index is 0.0165. The molecule has 2 heterocycles. The quantitative estimate of drug-likeness (QED) is 0.686. The molecule has 186 valence electrons. The number of carbonyl (C=O) groups is 3. The second kappa shape index (κ2) is 10.8. The molecule has 2 aliphatic rings. The van der Waals surface area contributed by atoms with Gasteiger partial charge in [-0.25, -0.2) is 4.79 Å². The summed E-state index contributed by atoms with van der Waals surface area (Å²) in [5, 5.41) is 5.60. The molecule has 1 fully saturated rings. The maximum absolute atomic E-state index is 13.3. The van der Waals surface area contributed by atoms with Gasteiger partial charge in [-0.2, -0.15) is 0 Å². The van der Waals surface area contributed by atoms with Crippen molar-refractivity contribution in [1.29, 1.82) is 0 Å². The Morgan fingerprint density at radius 3 is 2.63 bits per heavy atom. The highest BCUT2D eigenvalue weighted by atomic mass is 16.5. The van der Waals surface area contributed by atoms with Crippen LogP contribution in [0.4, 0.5) is 10.5 Å². The molecule has 3 atom stereocenters. The molecule has 4 rings (SSSR count). The molecule has 1 saturated heterocycles. The lowest BCUT2D eigenvalue weighted by Gasteiger charge is -2.42. The number of benzene rings is 2. The average molecular weight is 481 g/mol. The molecular formula is C26H32N4O5. The fourth-order valence-corrected chi connectivity index (χ4v) is 4.44. The van der Waals surface area contributed by atoms with Gasteiger partial charge in [0.1, 0.15) is 18.5 Å². The third kappa shape index (κ3) is 5.92. The zero-order chi connectivity index (χ0) is 24.9. The van der Waals surface area contributed by atoms with Gasteiger partial charge >= 0.3 is 6.03 Å². The van der Waals surface area contributed by atoms with E-state index in [9.17, 15) is 14.4 Å². The van der Waals surface area contributed by atoms with E-state index in [1.807, 2.05) is 30.3 Å². The number of nitrogens with zero attached hydrogens (tertiary/aromatic N) is 2. The van der Waals surface area contributed by atoms with E-state index in [0.717, 1.165) is 12.0 Å². The molecule has 2 aromatic carbocycles. The Morgan fingerprint density at radius 2 is 1.89 bits per heavy atom. The first-order valence-corrected chi connectivity index (χ1v) is 11.8. The van der Waals surface area contributed by atoms with Crippen molar-refractivity contribution in [1.82, 2.24) is 15.1 Å². The molecule has 0 unspecified atom stereocenters. The molecule has 35 heavy (non-hydrogen) atoms. The number of ether oxygens (including phenoxy) is 2. The van der Waals surface area contributed by atoms with Gasteiger partial charge in [0.15, 0.2) is 0 Å². The monoisotopic (exact) mass is 480 g/mol. The molecule has 0 aromatic heterocycles. The van der Waals surface area contributed by atoms with Crippen molar-refractivity contribution in [3.63, 3.8) is 0 Å². The summed E-state index contributed by atoms with van der Waals surface area (Å²) in [6.07, 6.45) is 1.20. The molecular weight excluding hydrogens is 448 g/mol. The lowest BCUT2D eigenvalue weighted by atomic mass is 9.94. The number of rotatable bonds is 5. The van der Waals surface area contributed by atoms with Gasteiger partial charge in [0.2, 0.25) is 5.91 Å². The minimum Gasteiger partial charge on any atom is -0.490 e. The Hall–Kier alpha value is -3.59. The Balaban J connectivity index is 1.42. The molecule has 0 bridgehead atoms. The Kier molecular flexibility index (Phi) is 7.55. The van der Waals surface area contributed by atoms with Gasteiger partial charge in [-0.05, 0) is 36.6 Å². The highest BCUT2D eigenvalue weighted by Gasteiger charge is 2.39. The van der Waals surface area contributed by atoms with E-state index in [2.05, 4.69) is 10.6 Å². The average Bonchev–Trinajstić information content (AvgIpc) is 2.86. The van der Waals surface area contributed by atoms with E-state index >= 15 is 0 Å². The van der Waals surface area contributed by atoms with Gasteiger partial charge in [0, 0.05) is 33.4 Å². The second-order valence-corrected chi connectivity index (χ2v) is 9.16.